The van der Waals surface area contributed by atoms with Gasteiger partial charge in [-0.25, -0.2) is 18.6 Å². The highest BCUT2D eigenvalue weighted by atomic mass is 19.1. The molecule has 0 saturated heterocycles. The molecule has 2 amide bonds. The number of carbonyl (C=O) groups is 1. The third-order valence-corrected chi connectivity index (χ3v) is 3.55. The summed E-state index contributed by atoms with van der Waals surface area (Å²) in [5.74, 6) is -1.29. The molecular formula is C15H16F2N4O2. The molecule has 122 valence electrons. The van der Waals surface area contributed by atoms with Gasteiger partial charge >= 0.3 is 6.03 Å². The van der Waals surface area contributed by atoms with E-state index in [9.17, 15) is 13.6 Å². The van der Waals surface area contributed by atoms with Crippen LogP contribution in [0.4, 0.5) is 13.6 Å². The molecule has 1 aromatic carbocycles. The summed E-state index contributed by atoms with van der Waals surface area (Å²) in [5, 5.41) is 5.33. The van der Waals surface area contributed by atoms with Crippen LogP contribution in [0.25, 0.3) is 0 Å². The maximum absolute atomic E-state index is 13.8. The Bertz CT molecular complexity index is 691. The molecule has 0 spiro atoms. The summed E-state index contributed by atoms with van der Waals surface area (Å²) in [6.45, 7) is 1.29. The lowest BCUT2D eigenvalue weighted by Gasteiger charge is -2.13. The van der Waals surface area contributed by atoms with Crippen LogP contribution in [0.1, 0.15) is 18.0 Å². The van der Waals surface area contributed by atoms with E-state index >= 15 is 0 Å². The van der Waals surface area contributed by atoms with Crippen LogP contribution < -0.4 is 15.4 Å². The quantitative estimate of drug-likeness (QED) is 0.827. The SMILES string of the molecule is O=C(NCCCn1ccnc1)N[C@@H]1COc2cc(F)cc(F)c21. The first-order valence-corrected chi connectivity index (χ1v) is 7.25. The molecule has 1 atom stereocenters. The highest BCUT2D eigenvalue weighted by Gasteiger charge is 2.29. The van der Waals surface area contributed by atoms with Gasteiger partial charge in [-0.05, 0) is 6.42 Å². The van der Waals surface area contributed by atoms with Crippen molar-refractivity contribution in [3.05, 3.63) is 48.1 Å². The van der Waals surface area contributed by atoms with Crippen molar-refractivity contribution in [2.24, 2.45) is 0 Å². The number of benzene rings is 1. The zero-order valence-corrected chi connectivity index (χ0v) is 12.3. The number of urea groups is 1. The number of ether oxygens (including phenoxy) is 1. The maximum Gasteiger partial charge on any atom is 0.315 e. The van der Waals surface area contributed by atoms with Crippen molar-refractivity contribution in [2.45, 2.75) is 19.0 Å². The Morgan fingerprint density at radius 1 is 1.43 bits per heavy atom. The fourth-order valence-electron chi connectivity index (χ4n) is 2.48. The van der Waals surface area contributed by atoms with Crippen LogP contribution in [0.5, 0.6) is 5.75 Å². The first-order chi connectivity index (χ1) is 11.1. The predicted molar refractivity (Wildman–Crippen MR) is 78.0 cm³/mol. The molecule has 0 bridgehead atoms. The topological polar surface area (TPSA) is 68.2 Å². The summed E-state index contributed by atoms with van der Waals surface area (Å²) in [6, 6.07) is 0.856. The number of hydrogen-bond acceptors (Lipinski definition) is 3. The Morgan fingerprint density at radius 2 is 2.30 bits per heavy atom. The minimum Gasteiger partial charge on any atom is -0.490 e. The van der Waals surface area contributed by atoms with Gasteiger partial charge in [-0.2, -0.15) is 0 Å². The van der Waals surface area contributed by atoms with Crippen molar-refractivity contribution in [3.63, 3.8) is 0 Å². The molecule has 1 aromatic heterocycles. The number of halogens is 2. The van der Waals surface area contributed by atoms with Gasteiger partial charge in [-0.1, -0.05) is 0 Å². The van der Waals surface area contributed by atoms with Crippen LogP contribution in [0.15, 0.2) is 30.9 Å². The fourth-order valence-corrected chi connectivity index (χ4v) is 2.48. The predicted octanol–water partition coefficient (Wildman–Crippen LogP) is 1.98. The van der Waals surface area contributed by atoms with Crippen molar-refractivity contribution >= 4 is 6.03 Å². The number of nitrogens with zero attached hydrogens (tertiary/aromatic N) is 2. The van der Waals surface area contributed by atoms with E-state index in [1.807, 2.05) is 10.8 Å². The summed E-state index contributed by atoms with van der Waals surface area (Å²) in [7, 11) is 0. The van der Waals surface area contributed by atoms with Crippen LogP contribution in [-0.4, -0.2) is 28.7 Å². The van der Waals surface area contributed by atoms with Gasteiger partial charge in [-0.15, -0.1) is 0 Å². The van der Waals surface area contributed by atoms with Crippen LogP contribution in [0, 0.1) is 11.6 Å². The molecule has 0 aliphatic carbocycles. The first-order valence-electron chi connectivity index (χ1n) is 7.25. The smallest absolute Gasteiger partial charge is 0.315 e. The van der Waals surface area contributed by atoms with Crippen LogP contribution in [-0.2, 0) is 6.54 Å². The average molecular weight is 322 g/mol. The zero-order valence-electron chi connectivity index (χ0n) is 12.3. The molecule has 2 N–H and O–H groups in total. The molecular weight excluding hydrogens is 306 g/mol. The number of hydrogen-bond donors (Lipinski definition) is 2. The number of aryl methyl sites for hydroxylation is 1. The largest absolute Gasteiger partial charge is 0.490 e. The van der Waals surface area contributed by atoms with E-state index in [2.05, 4.69) is 15.6 Å². The highest BCUT2D eigenvalue weighted by Crippen LogP contribution is 2.35. The van der Waals surface area contributed by atoms with Gasteiger partial charge in [0.2, 0.25) is 0 Å². The molecule has 8 heteroatoms. The van der Waals surface area contributed by atoms with Crippen LogP contribution in [0.3, 0.4) is 0 Å². The Labute approximate surface area is 131 Å². The van der Waals surface area contributed by atoms with Gasteiger partial charge in [0, 0.05) is 37.6 Å². The zero-order chi connectivity index (χ0) is 16.2. The minimum absolute atomic E-state index is 0.0815. The summed E-state index contributed by atoms with van der Waals surface area (Å²) < 4.78 is 34.0. The lowest BCUT2D eigenvalue weighted by Crippen LogP contribution is -2.39. The second-order valence-corrected chi connectivity index (χ2v) is 5.22. The lowest BCUT2D eigenvalue weighted by atomic mass is 10.1. The van der Waals surface area contributed by atoms with Gasteiger partial charge in [0.1, 0.15) is 24.0 Å². The number of amides is 2. The first kappa shape index (κ1) is 15.3. The minimum atomic E-state index is -0.720. The second-order valence-electron chi connectivity index (χ2n) is 5.22. The van der Waals surface area contributed by atoms with Crippen molar-refractivity contribution < 1.29 is 18.3 Å². The Hall–Kier alpha value is -2.64. The van der Waals surface area contributed by atoms with Gasteiger partial charge in [0.05, 0.1) is 17.9 Å². The normalized spacial score (nSPS) is 15.8. The van der Waals surface area contributed by atoms with E-state index in [0.29, 0.717) is 6.54 Å². The number of fused-ring (bicyclic) bond motifs is 1. The van der Waals surface area contributed by atoms with Gasteiger partial charge in [0.15, 0.2) is 0 Å². The third-order valence-electron chi connectivity index (χ3n) is 3.55. The van der Waals surface area contributed by atoms with Gasteiger partial charge in [0.25, 0.3) is 0 Å². The number of rotatable bonds is 5. The Balaban J connectivity index is 1.48. The average Bonchev–Trinajstić information content (AvgIpc) is 3.13. The summed E-state index contributed by atoms with van der Waals surface area (Å²) in [5.41, 5.74) is 0.181. The van der Waals surface area contributed by atoms with Crippen LogP contribution in [0.2, 0.25) is 0 Å². The molecule has 0 saturated carbocycles. The Kier molecular flexibility index (Phi) is 4.40. The molecule has 1 aliphatic heterocycles. The monoisotopic (exact) mass is 322 g/mol. The summed E-state index contributed by atoms with van der Waals surface area (Å²) in [6.07, 6.45) is 5.97. The van der Waals surface area contributed by atoms with Gasteiger partial charge < -0.3 is 19.9 Å². The molecule has 2 heterocycles. The van der Waals surface area contributed by atoms with Gasteiger partial charge in [-0.3, -0.25) is 0 Å². The van der Waals surface area contributed by atoms with Crippen LogP contribution >= 0.6 is 0 Å². The van der Waals surface area contributed by atoms with Crippen molar-refractivity contribution in [2.75, 3.05) is 13.2 Å². The maximum atomic E-state index is 13.8. The molecule has 3 rings (SSSR count). The van der Waals surface area contributed by atoms with E-state index in [0.717, 1.165) is 25.1 Å². The van der Waals surface area contributed by atoms with E-state index in [1.54, 1.807) is 12.5 Å². The standard InChI is InChI=1S/C15H16F2N4O2/c16-10-6-11(17)14-12(8-23-13(14)7-10)20-15(22)19-2-1-4-21-5-3-18-9-21/h3,5-7,9,12H,1-2,4,8H2,(H2,19,20,22)/t12-/m1/s1. The molecule has 6 nitrogen and oxygen atoms in total. The summed E-state index contributed by atoms with van der Waals surface area (Å²) in [4.78, 5) is 15.8. The fraction of sp³-hybridized carbons (Fsp3) is 0.333. The molecule has 2 aromatic rings. The summed E-state index contributed by atoms with van der Waals surface area (Å²) >= 11 is 0. The molecule has 0 fully saturated rings. The Morgan fingerprint density at radius 3 is 3.09 bits per heavy atom. The lowest BCUT2D eigenvalue weighted by molar-refractivity contribution is 0.231. The van der Waals surface area contributed by atoms with E-state index in [-0.39, 0.29) is 17.9 Å². The number of carbonyl (C=O) groups excluding carboxylic acids is 1. The molecule has 23 heavy (non-hydrogen) atoms. The van der Waals surface area contributed by atoms with E-state index in [1.165, 1.54) is 0 Å². The highest BCUT2D eigenvalue weighted by molar-refractivity contribution is 5.74. The molecule has 0 radical (unpaired) electrons. The van der Waals surface area contributed by atoms with Crippen molar-refractivity contribution in [1.82, 2.24) is 20.2 Å². The number of nitrogens with one attached hydrogen (secondary N) is 2. The van der Waals surface area contributed by atoms with E-state index in [4.69, 9.17) is 4.74 Å². The van der Waals surface area contributed by atoms with E-state index < -0.39 is 23.7 Å². The molecule has 1 aliphatic rings. The van der Waals surface area contributed by atoms with Crippen molar-refractivity contribution in [3.8, 4) is 5.75 Å². The third kappa shape index (κ3) is 3.58. The number of aromatic nitrogens is 2. The second kappa shape index (κ2) is 6.64. The molecule has 0 unspecified atom stereocenters. The number of imidazole rings is 1. The van der Waals surface area contributed by atoms with Crippen molar-refractivity contribution in [1.29, 1.82) is 0 Å².